The second kappa shape index (κ2) is 5.95. The van der Waals surface area contributed by atoms with E-state index < -0.39 is 0 Å². The molecule has 2 aromatic rings. The van der Waals surface area contributed by atoms with E-state index in [9.17, 15) is 4.79 Å². The Morgan fingerprint density at radius 2 is 2.11 bits per heavy atom. The normalized spacial score (nSPS) is 10.2. The molecule has 1 heterocycles. The van der Waals surface area contributed by atoms with Gasteiger partial charge >= 0.3 is 0 Å². The molecule has 0 bridgehead atoms. The van der Waals surface area contributed by atoms with Gasteiger partial charge in [0.1, 0.15) is 4.99 Å². The van der Waals surface area contributed by atoms with Gasteiger partial charge in [-0.3, -0.25) is 4.79 Å². The van der Waals surface area contributed by atoms with E-state index in [1.54, 1.807) is 35.6 Å². The molecule has 19 heavy (non-hydrogen) atoms. The summed E-state index contributed by atoms with van der Waals surface area (Å²) in [5, 5.41) is 4.91. The van der Waals surface area contributed by atoms with E-state index in [-0.39, 0.29) is 5.91 Å². The maximum atomic E-state index is 12.0. The number of carbonyl (C=O) groups is 1. The number of benzene rings is 1. The predicted octanol–water partition coefficient (Wildman–Crippen LogP) is 2.62. The first-order chi connectivity index (χ1) is 9.08. The zero-order valence-corrected chi connectivity index (χ0v) is 12.1. The van der Waals surface area contributed by atoms with Crippen molar-refractivity contribution in [2.45, 2.75) is 13.5 Å². The summed E-state index contributed by atoms with van der Waals surface area (Å²) in [6, 6.07) is 9.07. The molecule has 98 valence electrons. The van der Waals surface area contributed by atoms with Crippen molar-refractivity contribution in [3.05, 3.63) is 57.3 Å². The Morgan fingerprint density at radius 3 is 2.74 bits per heavy atom. The minimum atomic E-state index is -0.120. The molecule has 3 N–H and O–H groups in total. The minimum Gasteiger partial charge on any atom is -0.389 e. The monoisotopic (exact) mass is 290 g/mol. The lowest BCUT2D eigenvalue weighted by molar-refractivity contribution is 0.0951. The number of hydrogen-bond acceptors (Lipinski definition) is 3. The number of aryl methyl sites for hydroxylation is 1. The second-order valence-electron chi connectivity index (χ2n) is 4.15. The highest BCUT2D eigenvalue weighted by Gasteiger charge is 2.08. The van der Waals surface area contributed by atoms with Crippen molar-refractivity contribution in [3.63, 3.8) is 0 Å². The zero-order valence-electron chi connectivity index (χ0n) is 10.5. The van der Waals surface area contributed by atoms with E-state index in [2.05, 4.69) is 5.32 Å². The lowest BCUT2D eigenvalue weighted by Crippen LogP contribution is -2.23. The molecule has 0 saturated heterocycles. The highest BCUT2D eigenvalue weighted by Crippen LogP contribution is 2.15. The lowest BCUT2D eigenvalue weighted by atomic mass is 10.1. The summed E-state index contributed by atoms with van der Waals surface area (Å²) in [5.41, 5.74) is 8.02. The van der Waals surface area contributed by atoms with Crippen molar-refractivity contribution in [1.29, 1.82) is 0 Å². The number of hydrogen-bond donors (Lipinski definition) is 2. The lowest BCUT2D eigenvalue weighted by Gasteiger charge is -2.06. The summed E-state index contributed by atoms with van der Waals surface area (Å²) in [5.74, 6) is -0.120. The molecule has 1 amide bonds. The Bertz CT molecular complexity index is 619. The van der Waals surface area contributed by atoms with E-state index in [1.165, 1.54) is 10.4 Å². The van der Waals surface area contributed by atoms with Gasteiger partial charge in [0.15, 0.2) is 0 Å². The van der Waals surface area contributed by atoms with Gasteiger partial charge in [0.05, 0.1) is 6.54 Å². The van der Waals surface area contributed by atoms with Crippen LogP contribution in [0.5, 0.6) is 0 Å². The molecule has 0 aliphatic rings. The van der Waals surface area contributed by atoms with Gasteiger partial charge in [0.25, 0.3) is 5.91 Å². The van der Waals surface area contributed by atoms with Crippen LogP contribution in [0.1, 0.15) is 26.4 Å². The van der Waals surface area contributed by atoms with E-state index in [0.717, 1.165) is 0 Å². The quantitative estimate of drug-likeness (QED) is 0.851. The first-order valence-corrected chi connectivity index (χ1v) is 7.08. The fourth-order valence-corrected chi connectivity index (χ4v) is 2.63. The number of nitrogens with one attached hydrogen (secondary N) is 1. The molecule has 0 spiro atoms. The summed E-state index contributed by atoms with van der Waals surface area (Å²) in [6.45, 7) is 2.57. The van der Waals surface area contributed by atoms with Crippen molar-refractivity contribution < 1.29 is 4.79 Å². The third-order valence-electron chi connectivity index (χ3n) is 2.79. The van der Waals surface area contributed by atoms with Gasteiger partial charge in [-0.25, -0.2) is 0 Å². The van der Waals surface area contributed by atoms with Gasteiger partial charge in [-0.15, -0.1) is 11.3 Å². The first kappa shape index (κ1) is 13.7. The van der Waals surface area contributed by atoms with Crippen molar-refractivity contribution in [2.75, 3.05) is 0 Å². The van der Waals surface area contributed by atoms with Crippen LogP contribution in [0.4, 0.5) is 0 Å². The number of nitrogens with two attached hydrogens (primary N) is 1. The van der Waals surface area contributed by atoms with Gasteiger partial charge < -0.3 is 11.1 Å². The van der Waals surface area contributed by atoms with Gasteiger partial charge in [-0.1, -0.05) is 24.4 Å². The van der Waals surface area contributed by atoms with Crippen LogP contribution in [0.15, 0.2) is 35.7 Å². The van der Waals surface area contributed by atoms with Crippen molar-refractivity contribution >= 4 is 34.5 Å². The van der Waals surface area contributed by atoms with Crippen molar-refractivity contribution in [1.82, 2.24) is 5.32 Å². The molecular weight excluding hydrogens is 276 g/mol. The van der Waals surface area contributed by atoms with Crippen LogP contribution < -0.4 is 11.1 Å². The minimum absolute atomic E-state index is 0.120. The van der Waals surface area contributed by atoms with Crippen LogP contribution in [0, 0.1) is 6.92 Å². The number of thiocarbonyl (C=S) groups is 1. The SMILES string of the molecule is Cc1ccsc1CNC(=O)c1cccc(C(N)=S)c1. The van der Waals surface area contributed by atoms with Crippen LogP contribution in [-0.2, 0) is 6.54 Å². The van der Waals surface area contributed by atoms with E-state index in [0.29, 0.717) is 22.7 Å². The zero-order chi connectivity index (χ0) is 13.8. The Morgan fingerprint density at radius 1 is 1.37 bits per heavy atom. The van der Waals surface area contributed by atoms with E-state index in [1.807, 2.05) is 18.4 Å². The summed E-state index contributed by atoms with van der Waals surface area (Å²) >= 11 is 6.54. The molecule has 0 aliphatic carbocycles. The molecule has 2 rings (SSSR count). The summed E-state index contributed by atoms with van der Waals surface area (Å²) < 4.78 is 0. The average Bonchev–Trinajstić information content (AvgIpc) is 2.81. The summed E-state index contributed by atoms with van der Waals surface area (Å²) in [4.78, 5) is 13.5. The van der Waals surface area contributed by atoms with Crippen LogP contribution in [0.3, 0.4) is 0 Å². The Kier molecular flexibility index (Phi) is 4.29. The third-order valence-corrected chi connectivity index (χ3v) is 4.05. The highest BCUT2D eigenvalue weighted by molar-refractivity contribution is 7.80. The smallest absolute Gasteiger partial charge is 0.251 e. The maximum Gasteiger partial charge on any atom is 0.251 e. The molecule has 3 nitrogen and oxygen atoms in total. The van der Waals surface area contributed by atoms with Gasteiger partial charge in [-0.2, -0.15) is 0 Å². The molecule has 0 atom stereocenters. The van der Waals surface area contributed by atoms with Crippen LogP contribution >= 0.6 is 23.6 Å². The fourth-order valence-electron chi connectivity index (χ4n) is 1.66. The van der Waals surface area contributed by atoms with Crippen LogP contribution in [0.25, 0.3) is 0 Å². The Labute approximate surface area is 121 Å². The summed E-state index contributed by atoms with van der Waals surface area (Å²) in [7, 11) is 0. The van der Waals surface area contributed by atoms with Crippen LogP contribution in [0.2, 0.25) is 0 Å². The van der Waals surface area contributed by atoms with Gasteiger partial charge in [0, 0.05) is 16.0 Å². The Hall–Kier alpha value is -1.72. The number of carbonyl (C=O) groups excluding carboxylic acids is 1. The molecule has 1 aromatic carbocycles. The van der Waals surface area contributed by atoms with E-state index in [4.69, 9.17) is 18.0 Å². The molecule has 0 saturated carbocycles. The molecule has 0 fully saturated rings. The standard InChI is InChI=1S/C14H14N2OS2/c1-9-5-6-19-12(9)8-16-14(17)11-4-2-3-10(7-11)13(15)18/h2-7H,8H2,1H3,(H2,15,18)(H,16,17). The predicted molar refractivity (Wildman–Crippen MR) is 82.6 cm³/mol. The molecular formula is C14H14N2OS2. The van der Waals surface area contributed by atoms with E-state index >= 15 is 0 Å². The molecule has 5 heteroatoms. The van der Waals surface area contributed by atoms with Crippen molar-refractivity contribution in [3.8, 4) is 0 Å². The first-order valence-electron chi connectivity index (χ1n) is 5.79. The van der Waals surface area contributed by atoms with Gasteiger partial charge in [-0.05, 0) is 36.1 Å². The summed E-state index contributed by atoms with van der Waals surface area (Å²) in [6.07, 6.45) is 0. The highest BCUT2D eigenvalue weighted by atomic mass is 32.1. The largest absolute Gasteiger partial charge is 0.389 e. The molecule has 0 aliphatic heterocycles. The molecule has 1 aromatic heterocycles. The number of thiophene rings is 1. The fraction of sp³-hybridized carbons (Fsp3) is 0.143. The Balaban J connectivity index is 2.06. The van der Waals surface area contributed by atoms with Crippen LogP contribution in [-0.4, -0.2) is 10.9 Å². The van der Waals surface area contributed by atoms with Crippen molar-refractivity contribution in [2.24, 2.45) is 5.73 Å². The number of rotatable bonds is 4. The second-order valence-corrected chi connectivity index (χ2v) is 5.60. The van der Waals surface area contributed by atoms with Gasteiger partial charge in [0.2, 0.25) is 0 Å². The average molecular weight is 290 g/mol. The molecule has 0 radical (unpaired) electrons. The number of amides is 1. The molecule has 0 unspecified atom stereocenters. The maximum absolute atomic E-state index is 12.0. The third kappa shape index (κ3) is 3.39. The topological polar surface area (TPSA) is 55.1 Å².